The molecule has 1 fully saturated rings. The first kappa shape index (κ1) is 25.2. The van der Waals surface area contributed by atoms with Crippen molar-refractivity contribution in [1.82, 2.24) is 10.2 Å². The first-order chi connectivity index (χ1) is 14.9. The zero-order valence-corrected chi connectivity index (χ0v) is 21.2. The normalized spacial score (nSPS) is 21.8. The number of sulfone groups is 2. The summed E-state index contributed by atoms with van der Waals surface area (Å²) in [5.41, 5.74) is 2.05. The number of likely N-dealkylation sites (N-methyl/N-ethyl adjacent to an activating group) is 1. The van der Waals surface area contributed by atoms with E-state index < -0.39 is 31.0 Å². The standard InChI is InChI=1S/C23H31ClN2O4S2/c1-16(2)17-7-11-20(12-8-17)32(29,30)23-15-31(27,28)14-21(23)25-13-22(26(3)4)18-5-9-19(24)10-6-18/h5-12,16,21-23,25H,13-15H2,1-4H3/t21-,22?,23-/m0/s1. The molecule has 1 unspecified atom stereocenters. The summed E-state index contributed by atoms with van der Waals surface area (Å²) in [4.78, 5) is 2.17. The van der Waals surface area contributed by atoms with Gasteiger partial charge in [-0.3, -0.25) is 0 Å². The van der Waals surface area contributed by atoms with Crippen LogP contribution in [0.3, 0.4) is 0 Å². The summed E-state index contributed by atoms with van der Waals surface area (Å²) in [7, 11) is -3.43. The van der Waals surface area contributed by atoms with E-state index in [1.807, 2.05) is 57.1 Å². The highest BCUT2D eigenvalue weighted by Crippen LogP contribution is 2.28. The fraction of sp³-hybridized carbons (Fsp3) is 0.478. The van der Waals surface area contributed by atoms with Crippen molar-refractivity contribution in [3.8, 4) is 0 Å². The van der Waals surface area contributed by atoms with Gasteiger partial charge in [0.2, 0.25) is 0 Å². The van der Waals surface area contributed by atoms with Crippen molar-refractivity contribution in [3.05, 3.63) is 64.7 Å². The van der Waals surface area contributed by atoms with Crippen LogP contribution in [0.25, 0.3) is 0 Å². The molecule has 2 aromatic rings. The quantitative estimate of drug-likeness (QED) is 0.601. The van der Waals surface area contributed by atoms with Gasteiger partial charge in [-0.15, -0.1) is 0 Å². The molecule has 0 radical (unpaired) electrons. The Kier molecular flexibility index (Phi) is 7.72. The molecule has 1 N–H and O–H groups in total. The van der Waals surface area contributed by atoms with Gasteiger partial charge < -0.3 is 10.2 Å². The summed E-state index contributed by atoms with van der Waals surface area (Å²) in [5, 5.41) is 2.87. The number of hydrogen-bond donors (Lipinski definition) is 1. The topological polar surface area (TPSA) is 83.5 Å². The van der Waals surface area contributed by atoms with Crippen molar-refractivity contribution in [2.45, 2.75) is 42.0 Å². The third-order valence-corrected chi connectivity index (χ3v) is 10.4. The van der Waals surface area contributed by atoms with E-state index in [0.29, 0.717) is 11.6 Å². The van der Waals surface area contributed by atoms with Crippen molar-refractivity contribution in [1.29, 1.82) is 0 Å². The number of hydrogen-bond acceptors (Lipinski definition) is 6. The largest absolute Gasteiger partial charge is 0.310 e. The number of benzene rings is 2. The van der Waals surface area contributed by atoms with Crippen LogP contribution < -0.4 is 5.32 Å². The molecule has 1 aliphatic heterocycles. The monoisotopic (exact) mass is 498 g/mol. The van der Waals surface area contributed by atoms with E-state index in [-0.39, 0.29) is 28.4 Å². The van der Waals surface area contributed by atoms with Gasteiger partial charge in [0, 0.05) is 23.7 Å². The van der Waals surface area contributed by atoms with Gasteiger partial charge in [0.15, 0.2) is 19.7 Å². The third-order valence-electron chi connectivity index (χ3n) is 6.03. The second-order valence-electron chi connectivity index (χ2n) is 8.93. The average Bonchev–Trinajstić information content (AvgIpc) is 3.04. The van der Waals surface area contributed by atoms with Crippen LogP contribution in [0.4, 0.5) is 0 Å². The highest BCUT2D eigenvalue weighted by molar-refractivity contribution is 7.96. The summed E-state index contributed by atoms with van der Waals surface area (Å²) < 4.78 is 51.6. The Bertz CT molecular complexity index is 1130. The molecule has 0 aliphatic carbocycles. The summed E-state index contributed by atoms with van der Waals surface area (Å²) in [5.74, 6) is -0.280. The number of nitrogens with zero attached hydrogens (tertiary/aromatic N) is 1. The molecular weight excluding hydrogens is 468 g/mol. The van der Waals surface area contributed by atoms with Crippen molar-refractivity contribution < 1.29 is 16.8 Å². The fourth-order valence-electron chi connectivity index (χ4n) is 4.08. The van der Waals surface area contributed by atoms with E-state index in [4.69, 9.17) is 11.6 Å². The van der Waals surface area contributed by atoms with Gasteiger partial charge in [-0.1, -0.05) is 49.7 Å². The van der Waals surface area contributed by atoms with Crippen molar-refractivity contribution in [3.63, 3.8) is 0 Å². The molecule has 9 heteroatoms. The molecule has 0 saturated carbocycles. The molecule has 176 valence electrons. The van der Waals surface area contributed by atoms with Gasteiger partial charge in [-0.05, 0) is 55.4 Å². The van der Waals surface area contributed by atoms with Crippen LogP contribution in [0.2, 0.25) is 5.02 Å². The van der Waals surface area contributed by atoms with Crippen LogP contribution in [-0.2, 0) is 19.7 Å². The maximum Gasteiger partial charge on any atom is 0.183 e. The lowest BCUT2D eigenvalue weighted by Crippen LogP contribution is -2.46. The molecule has 1 heterocycles. The van der Waals surface area contributed by atoms with Crippen LogP contribution in [0.15, 0.2) is 53.4 Å². The maximum atomic E-state index is 13.4. The van der Waals surface area contributed by atoms with Crippen molar-refractivity contribution in [2.24, 2.45) is 0 Å². The van der Waals surface area contributed by atoms with Gasteiger partial charge in [0.25, 0.3) is 0 Å². The van der Waals surface area contributed by atoms with E-state index in [1.54, 1.807) is 24.3 Å². The first-order valence-corrected chi connectivity index (χ1v) is 14.3. The van der Waals surface area contributed by atoms with E-state index >= 15 is 0 Å². The second-order valence-corrected chi connectivity index (χ2v) is 13.7. The zero-order valence-electron chi connectivity index (χ0n) is 18.8. The average molecular weight is 499 g/mol. The summed E-state index contributed by atoms with van der Waals surface area (Å²) >= 11 is 6.00. The fourth-order valence-corrected chi connectivity index (χ4v) is 8.92. The Morgan fingerprint density at radius 2 is 1.56 bits per heavy atom. The highest BCUT2D eigenvalue weighted by atomic mass is 35.5. The Morgan fingerprint density at radius 1 is 1.00 bits per heavy atom. The number of halogens is 1. The molecular formula is C23H31ClN2O4S2. The van der Waals surface area contributed by atoms with Gasteiger partial charge >= 0.3 is 0 Å². The zero-order chi connectivity index (χ0) is 23.7. The highest BCUT2D eigenvalue weighted by Gasteiger charge is 2.45. The van der Waals surface area contributed by atoms with Crippen LogP contribution >= 0.6 is 11.6 Å². The molecule has 3 atom stereocenters. The lowest BCUT2D eigenvalue weighted by molar-refractivity contribution is 0.282. The minimum atomic E-state index is -3.81. The lowest BCUT2D eigenvalue weighted by atomic mass is 10.0. The van der Waals surface area contributed by atoms with Crippen molar-refractivity contribution >= 4 is 31.3 Å². The minimum absolute atomic E-state index is 0.0655. The van der Waals surface area contributed by atoms with Gasteiger partial charge in [-0.25, -0.2) is 16.8 Å². The summed E-state index contributed by atoms with van der Waals surface area (Å²) in [6, 6.07) is 13.5. The summed E-state index contributed by atoms with van der Waals surface area (Å²) in [6.07, 6.45) is 0. The van der Waals surface area contributed by atoms with E-state index in [9.17, 15) is 16.8 Å². The molecule has 6 nitrogen and oxygen atoms in total. The molecule has 0 aromatic heterocycles. The lowest BCUT2D eigenvalue weighted by Gasteiger charge is -2.28. The molecule has 0 amide bonds. The molecule has 1 saturated heterocycles. The maximum absolute atomic E-state index is 13.4. The molecule has 3 rings (SSSR count). The molecule has 1 aliphatic rings. The van der Waals surface area contributed by atoms with Crippen LogP contribution in [0.1, 0.15) is 36.9 Å². The van der Waals surface area contributed by atoms with Gasteiger partial charge in [0.05, 0.1) is 21.7 Å². The Morgan fingerprint density at radius 3 is 2.09 bits per heavy atom. The van der Waals surface area contributed by atoms with Crippen LogP contribution in [0, 0.1) is 0 Å². The predicted octanol–water partition coefficient (Wildman–Crippen LogP) is 3.30. The van der Waals surface area contributed by atoms with Gasteiger partial charge in [0.1, 0.15) is 0 Å². The smallest absolute Gasteiger partial charge is 0.183 e. The van der Waals surface area contributed by atoms with E-state index in [1.165, 1.54) is 0 Å². The Hall–Kier alpha value is -1.45. The third kappa shape index (κ3) is 5.72. The molecule has 0 spiro atoms. The number of rotatable bonds is 8. The van der Waals surface area contributed by atoms with Crippen LogP contribution in [-0.4, -0.2) is 65.2 Å². The molecule has 2 aromatic carbocycles. The van der Waals surface area contributed by atoms with E-state index in [0.717, 1.165) is 11.1 Å². The van der Waals surface area contributed by atoms with E-state index in [2.05, 4.69) is 5.32 Å². The summed E-state index contributed by atoms with van der Waals surface area (Å²) in [6.45, 7) is 4.48. The second kappa shape index (κ2) is 9.81. The van der Waals surface area contributed by atoms with Gasteiger partial charge in [-0.2, -0.15) is 0 Å². The number of nitrogens with one attached hydrogen (secondary N) is 1. The molecule has 0 bridgehead atoms. The Labute approximate surface area is 196 Å². The molecule has 32 heavy (non-hydrogen) atoms. The van der Waals surface area contributed by atoms with Crippen molar-refractivity contribution in [2.75, 3.05) is 32.1 Å². The van der Waals surface area contributed by atoms with Crippen LogP contribution in [0.5, 0.6) is 0 Å². The Balaban J connectivity index is 1.83. The minimum Gasteiger partial charge on any atom is -0.310 e. The SMILES string of the molecule is CC(C)c1ccc(S(=O)(=O)[C@H]2CS(=O)(=O)C[C@@H]2NCC(c2ccc(Cl)cc2)N(C)C)cc1. The predicted molar refractivity (Wildman–Crippen MR) is 130 cm³/mol. The first-order valence-electron chi connectivity index (χ1n) is 10.6.